The summed E-state index contributed by atoms with van der Waals surface area (Å²) in [5.41, 5.74) is 2.90. The summed E-state index contributed by atoms with van der Waals surface area (Å²) in [6, 6.07) is 27.9. The van der Waals surface area contributed by atoms with Crippen molar-refractivity contribution in [3.05, 3.63) is 125 Å². The number of Topliss-reactive ketones (excluding diaryl/α,β-unsaturated/α-hetero) is 1. The number of amides is 2. The fourth-order valence-corrected chi connectivity index (χ4v) is 8.35. The third kappa shape index (κ3) is 5.63. The highest BCUT2D eigenvalue weighted by Crippen LogP contribution is 2.61. The number of hydrogen-bond donors (Lipinski definition) is 0. The van der Waals surface area contributed by atoms with Crippen LogP contribution in [0.4, 0.5) is 5.69 Å². The predicted octanol–water partition coefficient (Wildman–Crippen LogP) is 5.73. The van der Waals surface area contributed by atoms with Gasteiger partial charge >= 0.3 is 16.1 Å². The first-order valence-corrected chi connectivity index (χ1v) is 16.9. The summed E-state index contributed by atoms with van der Waals surface area (Å²) in [7, 11) is -4.04. The van der Waals surface area contributed by atoms with Gasteiger partial charge in [-0.2, -0.15) is 8.42 Å². The van der Waals surface area contributed by atoms with Gasteiger partial charge in [0.25, 0.3) is 0 Å². The largest absolute Gasteiger partial charge is 0.454 e. The van der Waals surface area contributed by atoms with Gasteiger partial charge in [0, 0.05) is 5.56 Å². The molecule has 4 aromatic carbocycles. The third-order valence-corrected chi connectivity index (χ3v) is 10.9. The zero-order valence-electron chi connectivity index (χ0n) is 25.4. The molecule has 1 heterocycles. The Kier molecular flexibility index (Phi) is 7.76. The minimum Gasteiger partial charge on any atom is -0.454 e. The monoisotopic (exact) mass is 649 g/mol. The van der Waals surface area contributed by atoms with E-state index in [-0.39, 0.29) is 63.2 Å². The summed E-state index contributed by atoms with van der Waals surface area (Å²) in [6.07, 6.45) is 1.79. The third-order valence-electron chi connectivity index (χ3n) is 9.63. The van der Waals surface area contributed by atoms with Crippen LogP contribution in [0.5, 0.6) is 5.75 Å². The molecule has 2 aliphatic carbocycles. The molecule has 2 amide bonds. The minimum atomic E-state index is -4.04. The van der Waals surface area contributed by atoms with Gasteiger partial charge in [0.1, 0.15) is 10.6 Å². The molecule has 0 radical (unpaired) electrons. The van der Waals surface area contributed by atoms with Crippen molar-refractivity contribution >= 4 is 39.4 Å². The Morgan fingerprint density at radius 3 is 2.09 bits per heavy atom. The van der Waals surface area contributed by atoms with Gasteiger partial charge in [0.05, 0.1) is 23.1 Å². The molecule has 1 aliphatic heterocycles. The number of esters is 1. The van der Waals surface area contributed by atoms with E-state index in [0.717, 1.165) is 18.4 Å². The van der Waals surface area contributed by atoms with Gasteiger partial charge in [0.15, 0.2) is 12.4 Å². The lowest BCUT2D eigenvalue weighted by atomic mass is 9.73. The van der Waals surface area contributed by atoms with Crippen LogP contribution in [0.15, 0.2) is 108 Å². The fourth-order valence-electron chi connectivity index (χ4n) is 7.42. The quantitative estimate of drug-likeness (QED) is 0.0975. The molecule has 1 saturated heterocycles. The van der Waals surface area contributed by atoms with Crippen molar-refractivity contribution < 1.29 is 36.5 Å². The number of rotatable bonds is 9. The van der Waals surface area contributed by atoms with E-state index in [0.29, 0.717) is 5.69 Å². The fraction of sp³-hybridized carbons (Fsp3) is 0.243. The Balaban J connectivity index is 0.954. The topological polar surface area (TPSA) is 124 Å². The molecule has 5 atom stereocenters. The predicted molar refractivity (Wildman–Crippen MR) is 171 cm³/mol. The summed E-state index contributed by atoms with van der Waals surface area (Å²) in [5.74, 6) is -1.62. The Bertz CT molecular complexity index is 1970. The van der Waals surface area contributed by atoms with Crippen molar-refractivity contribution in [2.75, 3.05) is 11.5 Å². The minimum absolute atomic E-state index is 0.00765. The van der Waals surface area contributed by atoms with Crippen molar-refractivity contribution in [1.82, 2.24) is 0 Å². The Labute approximate surface area is 272 Å². The highest BCUT2D eigenvalue weighted by Gasteiger charge is 2.64. The lowest BCUT2D eigenvalue weighted by Gasteiger charge is -2.28. The first kappa shape index (κ1) is 30.6. The van der Waals surface area contributed by atoms with E-state index in [2.05, 4.69) is 12.1 Å². The van der Waals surface area contributed by atoms with E-state index in [1.54, 1.807) is 24.3 Å². The number of aryl methyl sites for hydroxylation is 1. The van der Waals surface area contributed by atoms with E-state index >= 15 is 0 Å². The Hall–Kier alpha value is -5.09. The molecule has 47 heavy (non-hydrogen) atoms. The first-order chi connectivity index (χ1) is 22.6. The van der Waals surface area contributed by atoms with Crippen molar-refractivity contribution in [2.45, 2.75) is 30.6 Å². The zero-order chi connectivity index (χ0) is 32.9. The molecule has 7 rings (SSSR count). The molecule has 238 valence electrons. The maximum atomic E-state index is 13.6. The number of fused-ring (bicyclic) bond motifs is 5. The summed E-state index contributed by atoms with van der Waals surface area (Å²) in [6.45, 7) is 1.30. The smallest absolute Gasteiger partial charge is 0.339 e. The number of imide groups is 1. The lowest BCUT2D eigenvalue weighted by molar-refractivity contribution is -0.123. The molecule has 0 N–H and O–H groups in total. The molecular weight excluding hydrogens is 618 g/mol. The number of carbonyl (C=O) groups excluding carboxylic acids is 4. The van der Waals surface area contributed by atoms with E-state index in [1.807, 2.05) is 25.1 Å². The highest BCUT2D eigenvalue weighted by molar-refractivity contribution is 7.87. The highest BCUT2D eigenvalue weighted by atomic mass is 32.2. The van der Waals surface area contributed by atoms with Crippen molar-refractivity contribution in [3.63, 3.8) is 0 Å². The van der Waals surface area contributed by atoms with Crippen molar-refractivity contribution in [3.8, 4) is 5.75 Å². The lowest BCUT2D eigenvalue weighted by Crippen LogP contribution is -2.33. The summed E-state index contributed by atoms with van der Waals surface area (Å²) in [5, 5.41) is 0. The second-order valence-electron chi connectivity index (χ2n) is 12.4. The molecule has 10 heteroatoms. The van der Waals surface area contributed by atoms with Crippen LogP contribution in [0.25, 0.3) is 0 Å². The average molecular weight is 650 g/mol. The van der Waals surface area contributed by atoms with Gasteiger partial charge in [-0.25, -0.2) is 4.79 Å². The maximum absolute atomic E-state index is 13.6. The summed E-state index contributed by atoms with van der Waals surface area (Å²) >= 11 is 0. The Morgan fingerprint density at radius 1 is 0.766 bits per heavy atom. The van der Waals surface area contributed by atoms with Crippen LogP contribution in [0.2, 0.25) is 0 Å². The maximum Gasteiger partial charge on any atom is 0.339 e. The van der Waals surface area contributed by atoms with Crippen LogP contribution in [0, 0.1) is 30.6 Å². The number of anilines is 1. The zero-order valence-corrected chi connectivity index (χ0v) is 26.3. The number of benzene rings is 4. The second-order valence-corrected chi connectivity index (χ2v) is 13.9. The van der Waals surface area contributed by atoms with Gasteiger partial charge in [-0.05, 0) is 104 Å². The summed E-state index contributed by atoms with van der Waals surface area (Å²) in [4.78, 5) is 53.7. The number of ketones is 1. The van der Waals surface area contributed by atoms with Crippen LogP contribution in [0.3, 0.4) is 0 Å². The molecule has 3 aliphatic rings. The summed E-state index contributed by atoms with van der Waals surface area (Å²) < 4.78 is 35.4. The van der Waals surface area contributed by atoms with E-state index in [1.165, 1.54) is 59.0 Å². The van der Waals surface area contributed by atoms with Gasteiger partial charge < -0.3 is 8.92 Å². The van der Waals surface area contributed by atoms with Gasteiger partial charge in [0.2, 0.25) is 11.8 Å². The molecule has 0 unspecified atom stereocenters. The standard InChI is InChI=1S/C37H31NO8S/c1-22-7-17-29(18-8-22)47(43,44)46-28-15-11-24(12-16-28)32(39)21-45-37(42)25-9-13-27(14-10-25)38-35(40)33-26-19-30(23-5-3-2-4-6-23)31(20-26)34(33)36(38)41/h2-18,26,30-31,33-34H,19-21H2,1H3/t26-,30+,31+,33+,34+/m0/s1. The van der Waals surface area contributed by atoms with Crippen LogP contribution >= 0.6 is 0 Å². The molecule has 0 aromatic heterocycles. The van der Waals surface area contributed by atoms with Crippen LogP contribution in [-0.2, 0) is 24.4 Å². The molecule has 2 saturated carbocycles. The van der Waals surface area contributed by atoms with E-state index in [4.69, 9.17) is 8.92 Å². The van der Waals surface area contributed by atoms with Gasteiger partial charge in [-0.3, -0.25) is 19.3 Å². The molecule has 4 aromatic rings. The van der Waals surface area contributed by atoms with Crippen molar-refractivity contribution in [1.29, 1.82) is 0 Å². The van der Waals surface area contributed by atoms with Gasteiger partial charge in [-0.1, -0.05) is 48.0 Å². The van der Waals surface area contributed by atoms with Crippen LogP contribution in [0.1, 0.15) is 50.6 Å². The van der Waals surface area contributed by atoms with Crippen LogP contribution in [-0.4, -0.2) is 38.6 Å². The number of nitrogens with zero attached hydrogens (tertiary/aromatic N) is 1. The molecule has 0 spiro atoms. The molecular formula is C37H31NO8S. The number of hydrogen-bond acceptors (Lipinski definition) is 8. The number of carbonyl (C=O) groups is 4. The number of ether oxygens (including phenoxy) is 1. The Morgan fingerprint density at radius 2 is 1.40 bits per heavy atom. The van der Waals surface area contributed by atoms with Gasteiger partial charge in [-0.15, -0.1) is 0 Å². The molecule has 2 bridgehead atoms. The normalized spacial score (nSPS) is 23.1. The molecule has 9 nitrogen and oxygen atoms in total. The van der Waals surface area contributed by atoms with E-state index in [9.17, 15) is 27.6 Å². The molecule has 3 fully saturated rings. The van der Waals surface area contributed by atoms with Crippen molar-refractivity contribution in [2.24, 2.45) is 23.7 Å². The SMILES string of the molecule is Cc1ccc(S(=O)(=O)Oc2ccc(C(=O)COC(=O)c3ccc(N4C(=O)[C@@H]5[C@@H]6C[C@@H]([C@H]5C4=O)[C@@H](c4ccccc4)C6)cc3)cc2)cc1. The van der Waals surface area contributed by atoms with E-state index < -0.39 is 28.5 Å². The second kappa shape index (κ2) is 11.9. The first-order valence-electron chi connectivity index (χ1n) is 15.4. The van der Waals surface area contributed by atoms with Crippen LogP contribution < -0.4 is 9.08 Å². The average Bonchev–Trinajstić information content (AvgIpc) is 3.75.